The number of ether oxygens (including phenoxy) is 1. The lowest BCUT2D eigenvalue weighted by atomic mass is 10.2. The molecule has 1 aromatic carbocycles. The summed E-state index contributed by atoms with van der Waals surface area (Å²) in [6.07, 6.45) is -3.77. The fourth-order valence-electron chi connectivity index (χ4n) is 1.96. The van der Waals surface area contributed by atoms with Gasteiger partial charge in [-0.3, -0.25) is 4.79 Å². The number of halogens is 4. The number of nitrogens with zero attached hydrogens (tertiary/aromatic N) is 2. The minimum Gasteiger partial charge on any atom is -0.385 e. The summed E-state index contributed by atoms with van der Waals surface area (Å²) >= 11 is 5.85. The predicted octanol–water partition coefficient (Wildman–Crippen LogP) is 3.85. The van der Waals surface area contributed by atoms with Crippen LogP contribution in [0.4, 0.5) is 24.7 Å². The van der Waals surface area contributed by atoms with Crippen LogP contribution in [0.3, 0.4) is 0 Å². The number of amides is 1. The van der Waals surface area contributed by atoms with Crippen LogP contribution >= 0.6 is 11.6 Å². The highest BCUT2D eigenvalue weighted by Crippen LogP contribution is 2.33. The van der Waals surface area contributed by atoms with Gasteiger partial charge in [-0.2, -0.15) is 13.2 Å². The van der Waals surface area contributed by atoms with E-state index in [0.29, 0.717) is 19.0 Å². The average molecular weight is 389 g/mol. The molecule has 0 saturated carbocycles. The van der Waals surface area contributed by atoms with Gasteiger partial charge in [-0.15, -0.1) is 10.2 Å². The van der Waals surface area contributed by atoms with Gasteiger partial charge in [-0.1, -0.05) is 11.6 Å². The van der Waals surface area contributed by atoms with E-state index in [4.69, 9.17) is 16.3 Å². The Bertz CT molecular complexity index is 754. The molecule has 0 aliphatic carbocycles. The Kier molecular flexibility index (Phi) is 6.76. The van der Waals surface area contributed by atoms with Crippen LogP contribution in [0.2, 0.25) is 5.02 Å². The molecule has 2 N–H and O–H groups in total. The lowest BCUT2D eigenvalue weighted by Gasteiger charge is -2.11. The zero-order chi connectivity index (χ0) is 19.2. The van der Waals surface area contributed by atoms with E-state index in [1.807, 2.05) is 0 Å². The Labute approximate surface area is 152 Å². The summed E-state index contributed by atoms with van der Waals surface area (Å²) in [5.41, 5.74) is -1.13. The molecule has 2 rings (SSSR count). The van der Waals surface area contributed by atoms with E-state index in [-0.39, 0.29) is 16.4 Å². The predicted molar refractivity (Wildman–Crippen MR) is 91.4 cm³/mol. The van der Waals surface area contributed by atoms with Crippen LogP contribution in [-0.2, 0) is 10.9 Å². The lowest BCUT2D eigenvalue weighted by Crippen LogP contribution is -2.16. The van der Waals surface area contributed by atoms with Gasteiger partial charge in [0.25, 0.3) is 5.91 Å². The number of anilines is 2. The highest BCUT2D eigenvalue weighted by Gasteiger charge is 2.31. The van der Waals surface area contributed by atoms with E-state index in [0.717, 1.165) is 24.6 Å². The van der Waals surface area contributed by atoms with Gasteiger partial charge in [0.05, 0.1) is 16.3 Å². The maximum absolute atomic E-state index is 12.8. The Hall–Kier alpha value is -2.39. The van der Waals surface area contributed by atoms with Crippen LogP contribution < -0.4 is 10.6 Å². The van der Waals surface area contributed by atoms with Gasteiger partial charge in [0, 0.05) is 20.3 Å². The van der Waals surface area contributed by atoms with Crippen LogP contribution in [-0.4, -0.2) is 36.4 Å². The molecule has 0 spiro atoms. The van der Waals surface area contributed by atoms with Crippen molar-refractivity contribution in [3.05, 3.63) is 46.6 Å². The Morgan fingerprint density at radius 1 is 1.23 bits per heavy atom. The third-order valence-electron chi connectivity index (χ3n) is 3.27. The summed E-state index contributed by atoms with van der Waals surface area (Å²) in [6, 6.07) is 5.62. The first-order chi connectivity index (χ1) is 12.3. The van der Waals surface area contributed by atoms with Crippen LogP contribution in [0, 0.1) is 0 Å². The molecule has 2 aromatic rings. The van der Waals surface area contributed by atoms with Gasteiger partial charge in [0.2, 0.25) is 0 Å². The summed E-state index contributed by atoms with van der Waals surface area (Å²) in [6.45, 7) is 1.21. The highest BCUT2D eigenvalue weighted by atomic mass is 35.5. The van der Waals surface area contributed by atoms with Crippen molar-refractivity contribution in [3.63, 3.8) is 0 Å². The molecular weight excluding hydrogens is 373 g/mol. The molecule has 1 heterocycles. The first-order valence-corrected chi connectivity index (χ1v) is 7.93. The quantitative estimate of drug-likeness (QED) is 0.704. The largest absolute Gasteiger partial charge is 0.416 e. The number of carbonyl (C=O) groups excluding carboxylic acids is 1. The summed E-state index contributed by atoms with van der Waals surface area (Å²) in [5, 5.41) is 12.9. The Morgan fingerprint density at radius 3 is 2.62 bits per heavy atom. The fraction of sp³-hybridized carbons (Fsp3) is 0.312. The summed E-state index contributed by atoms with van der Waals surface area (Å²) in [7, 11) is 1.60. The van der Waals surface area contributed by atoms with E-state index >= 15 is 0 Å². The van der Waals surface area contributed by atoms with E-state index < -0.39 is 17.6 Å². The first kappa shape index (κ1) is 19.9. The van der Waals surface area contributed by atoms with Crippen LogP contribution in [0.1, 0.15) is 22.5 Å². The van der Waals surface area contributed by atoms with E-state index in [2.05, 4.69) is 20.8 Å². The number of rotatable bonds is 7. The number of methoxy groups -OCH3 is 1. The Morgan fingerprint density at radius 2 is 2.00 bits per heavy atom. The van der Waals surface area contributed by atoms with Gasteiger partial charge < -0.3 is 15.4 Å². The summed E-state index contributed by atoms with van der Waals surface area (Å²) < 4.78 is 43.2. The molecule has 0 fully saturated rings. The Balaban J connectivity index is 2.03. The normalized spacial score (nSPS) is 11.3. The van der Waals surface area contributed by atoms with Crippen molar-refractivity contribution < 1.29 is 22.7 Å². The maximum Gasteiger partial charge on any atom is 0.416 e. The van der Waals surface area contributed by atoms with Gasteiger partial charge in [-0.05, 0) is 36.8 Å². The SMILES string of the molecule is COCCCNc1ccc(C(=O)Nc2cc(C(F)(F)F)ccc2Cl)nn1. The number of benzene rings is 1. The number of nitrogens with one attached hydrogen (secondary N) is 2. The molecule has 0 unspecified atom stereocenters. The molecule has 0 aliphatic heterocycles. The van der Waals surface area contributed by atoms with Crippen molar-refractivity contribution in [2.24, 2.45) is 0 Å². The standard InChI is InChI=1S/C16H16ClF3N4O2/c1-26-8-2-7-21-14-6-5-12(23-24-14)15(25)22-13-9-10(16(18,19)20)3-4-11(13)17/h3-6,9H,2,7-8H2,1H3,(H,21,24)(H,22,25). The number of hydrogen-bond acceptors (Lipinski definition) is 5. The molecule has 26 heavy (non-hydrogen) atoms. The third kappa shape index (κ3) is 5.57. The molecule has 0 atom stereocenters. The lowest BCUT2D eigenvalue weighted by molar-refractivity contribution is -0.137. The van der Waals surface area contributed by atoms with Crippen molar-refractivity contribution in [1.82, 2.24) is 10.2 Å². The molecule has 0 bridgehead atoms. The van der Waals surface area contributed by atoms with Crippen LogP contribution in [0.25, 0.3) is 0 Å². The topological polar surface area (TPSA) is 76.1 Å². The van der Waals surface area contributed by atoms with E-state index in [9.17, 15) is 18.0 Å². The second kappa shape index (κ2) is 8.81. The maximum atomic E-state index is 12.8. The molecule has 0 aliphatic rings. The number of aromatic nitrogens is 2. The molecular formula is C16H16ClF3N4O2. The number of carbonyl (C=O) groups is 1. The van der Waals surface area contributed by atoms with Gasteiger partial charge >= 0.3 is 6.18 Å². The van der Waals surface area contributed by atoms with Gasteiger partial charge in [0.1, 0.15) is 5.82 Å². The van der Waals surface area contributed by atoms with Crippen LogP contribution in [0.5, 0.6) is 0 Å². The summed E-state index contributed by atoms with van der Waals surface area (Å²) in [5.74, 6) is -0.251. The van der Waals surface area contributed by atoms with Crippen molar-refractivity contribution >= 4 is 29.0 Å². The first-order valence-electron chi connectivity index (χ1n) is 7.56. The molecule has 1 amide bonds. The fourth-order valence-corrected chi connectivity index (χ4v) is 2.13. The van der Waals surface area contributed by atoms with Crippen molar-refractivity contribution in [2.45, 2.75) is 12.6 Å². The number of hydrogen-bond donors (Lipinski definition) is 2. The van der Waals surface area contributed by atoms with Gasteiger partial charge in [0.15, 0.2) is 5.69 Å². The van der Waals surface area contributed by atoms with Crippen LogP contribution in [0.15, 0.2) is 30.3 Å². The second-order valence-electron chi connectivity index (χ2n) is 5.22. The van der Waals surface area contributed by atoms with Crippen molar-refractivity contribution in [3.8, 4) is 0 Å². The highest BCUT2D eigenvalue weighted by molar-refractivity contribution is 6.33. The molecule has 140 valence electrons. The summed E-state index contributed by atoms with van der Waals surface area (Å²) in [4.78, 5) is 12.1. The second-order valence-corrected chi connectivity index (χ2v) is 5.63. The number of alkyl halides is 3. The van der Waals surface area contributed by atoms with E-state index in [1.165, 1.54) is 6.07 Å². The zero-order valence-corrected chi connectivity index (χ0v) is 14.5. The monoisotopic (exact) mass is 388 g/mol. The van der Waals surface area contributed by atoms with Crippen molar-refractivity contribution in [2.75, 3.05) is 30.9 Å². The molecule has 10 heteroatoms. The van der Waals surface area contributed by atoms with Crippen molar-refractivity contribution in [1.29, 1.82) is 0 Å². The minimum atomic E-state index is -4.54. The molecule has 0 radical (unpaired) electrons. The molecule has 0 saturated heterocycles. The molecule has 6 nitrogen and oxygen atoms in total. The molecule has 1 aromatic heterocycles. The van der Waals surface area contributed by atoms with E-state index in [1.54, 1.807) is 13.2 Å². The minimum absolute atomic E-state index is 0.0178. The zero-order valence-electron chi connectivity index (χ0n) is 13.7. The third-order valence-corrected chi connectivity index (χ3v) is 3.60. The van der Waals surface area contributed by atoms with Gasteiger partial charge in [-0.25, -0.2) is 0 Å². The smallest absolute Gasteiger partial charge is 0.385 e. The average Bonchev–Trinajstić information content (AvgIpc) is 2.60.